The van der Waals surface area contributed by atoms with Crippen LogP contribution in [-0.2, 0) is 27.9 Å². The second-order valence-electron chi connectivity index (χ2n) is 7.09. The van der Waals surface area contributed by atoms with Crippen LogP contribution in [0.3, 0.4) is 0 Å². The molecule has 0 fully saturated rings. The molecular weight excluding hydrogens is 455 g/mol. The zero-order chi connectivity index (χ0) is 22.4. The van der Waals surface area contributed by atoms with Crippen molar-refractivity contribution in [3.8, 4) is 0 Å². The molecule has 1 amide bonds. The smallest absolute Gasteiger partial charge is 0.243 e. The second-order valence-corrected chi connectivity index (χ2v) is 9.90. The highest BCUT2D eigenvalue weighted by molar-refractivity contribution is 7.89. The molecule has 0 bridgehead atoms. The third kappa shape index (κ3) is 6.31. The lowest BCUT2D eigenvalue weighted by atomic mass is 10.2. The average molecular weight is 477 g/mol. The summed E-state index contributed by atoms with van der Waals surface area (Å²) in [6.45, 7) is 0.124. The lowest BCUT2D eigenvalue weighted by molar-refractivity contribution is -0.130. The number of hydrogen-bond donors (Lipinski definition) is 0. The molecule has 0 saturated carbocycles. The van der Waals surface area contributed by atoms with Gasteiger partial charge in [-0.3, -0.25) is 4.79 Å². The molecule has 3 aromatic carbocycles. The van der Waals surface area contributed by atoms with Gasteiger partial charge in [0.2, 0.25) is 15.9 Å². The van der Waals surface area contributed by atoms with Gasteiger partial charge in [-0.25, -0.2) is 8.42 Å². The number of sulfonamides is 1. The van der Waals surface area contributed by atoms with Crippen LogP contribution in [0.4, 0.5) is 0 Å². The fourth-order valence-electron chi connectivity index (χ4n) is 2.99. The first-order chi connectivity index (χ1) is 14.8. The lowest BCUT2D eigenvalue weighted by Gasteiger charge is -2.25. The van der Waals surface area contributed by atoms with Crippen molar-refractivity contribution in [2.24, 2.45) is 0 Å². The number of likely N-dealkylation sites (N-methyl/N-ethyl adjacent to an activating group) is 1. The van der Waals surface area contributed by atoms with Crippen LogP contribution in [0.5, 0.6) is 0 Å². The fourth-order valence-corrected chi connectivity index (χ4v) is 4.62. The predicted molar refractivity (Wildman–Crippen MR) is 123 cm³/mol. The van der Waals surface area contributed by atoms with E-state index < -0.39 is 10.0 Å². The van der Waals surface area contributed by atoms with Gasteiger partial charge in [-0.1, -0.05) is 65.7 Å². The molecule has 3 aromatic rings. The van der Waals surface area contributed by atoms with E-state index in [1.54, 1.807) is 31.3 Å². The van der Waals surface area contributed by atoms with Crippen LogP contribution < -0.4 is 0 Å². The number of nitrogens with zero attached hydrogens (tertiary/aromatic N) is 2. The van der Waals surface area contributed by atoms with E-state index in [0.29, 0.717) is 16.6 Å². The van der Waals surface area contributed by atoms with Crippen molar-refractivity contribution >= 4 is 39.1 Å². The van der Waals surface area contributed by atoms with Crippen LogP contribution in [0.1, 0.15) is 11.1 Å². The van der Waals surface area contributed by atoms with Crippen LogP contribution in [0, 0.1) is 0 Å². The Hall–Kier alpha value is -2.38. The van der Waals surface area contributed by atoms with Crippen molar-refractivity contribution in [3.63, 3.8) is 0 Å². The van der Waals surface area contributed by atoms with Crippen LogP contribution >= 0.6 is 23.2 Å². The number of carbonyl (C=O) groups excluding carboxylic acids is 1. The van der Waals surface area contributed by atoms with Gasteiger partial charge in [0.05, 0.1) is 11.4 Å². The van der Waals surface area contributed by atoms with Crippen molar-refractivity contribution in [1.29, 1.82) is 0 Å². The molecule has 0 radical (unpaired) electrons. The monoisotopic (exact) mass is 476 g/mol. The van der Waals surface area contributed by atoms with E-state index in [-0.39, 0.29) is 23.9 Å². The summed E-state index contributed by atoms with van der Waals surface area (Å²) < 4.78 is 27.8. The number of halogens is 2. The number of hydrogen-bond acceptors (Lipinski definition) is 3. The van der Waals surface area contributed by atoms with Gasteiger partial charge >= 0.3 is 0 Å². The first-order valence-corrected chi connectivity index (χ1v) is 11.7. The van der Waals surface area contributed by atoms with E-state index in [1.165, 1.54) is 33.5 Å². The van der Waals surface area contributed by atoms with E-state index in [2.05, 4.69) is 0 Å². The molecule has 31 heavy (non-hydrogen) atoms. The Morgan fingerprint density at radius 1 is 0.774 bits per heavy atom. The van der Waals surface area contributed by atoms with Gasteiger partial charge < -0.3 is 4.90 Å². The highest BCUT2D eigenvalue weighted by Crippen LogP contribution is 2.21. The van der Waals surface area contributed by atoms with Gasteiger partial charge in [0, 0.05) is 30.2 Å². The molecule has 162 valence electrons. The van der Waals surface area contributed by atoms with E-state index >= 15 is 0 Å². The van der Waals surface area contributed by atoms with Crippen molar-refractivity contribution in [2.75, 3.05) is 13.6 Å². The maximum atomic E-state index is 13.3. The Balaban J connectivity index is 1.85. The fraction of sp³-hybridized carbons (Fsp3) is 0.174. The Kier molecular flexibility index (Phi) is 7.73. The van der Waals surface area contributed by atoms with Crippen LogP contribution in [0.25, 0.3) is 0 Å². The first kappa shape index (κ1) is 23.3. The van der Waals surface area contributed by atoms with E-state index in [0.717, 1.165) is 11.1 Å². The SMILES string of the molecule is CN(Cc1ccccc1)C(=O)CN(Cc1ccc(Cl)cc1)S(=O)(=O)c1ccc(Cl)cc1. The Bertz CT molecular complexity index is 1120. The molecule has 3 rings (SSSR count). The van der Waals surface area contributed by atoms with Crippen LogP contribution in [0.15, 0.2) is 83.8 Å². The van der Waals surface area contributed by atoms with E-state index in [9.17, 15) is 13.2 Å². The zero-order valence-corrected chi connectivity index (χ0v) is 19.2. The molecule has 5 nitrogen and oxygen atoms in total. The molecule has 8 heteroatoms. The van der Waals surface area contributed by atoms with E-state index in [1.807, 2.05) is 30.3 Å². The topological polar surface area (TPSA) is 57.7 Å². The molecule has 0 aromatic heterocycles. The van der Waals surface area contributed by atoms with Gasteiger partial charge in [0.1, 0.15) is 0 Å². The van der Waals surface area contributed by atoms with E-state index in [4.69, 9.17) is 23.2 Å². The maximum absolute atomic E-state index is 13.3. The quantitative estimate of drug-likeness (QED) is 0.467. The normalized spacial score (nSPS) is 11.5. The van der Waals surface area contributed by atoms with Crippen LogP contribution in [0.2, 0.25) is 10.0 Å². The highest BCUT2D eigenvalue weighted by Gasteiger charge is 2.28. The highest BCUT2D eigenvalue weighted by atomic mass is 35.5. The summed E-state index contributed by atoms with van der Waals surface area (Å²) in [5.74, 6) is -0.310. The summed E-state index contributed by atoms with van der Waals surface area (Å²) in [4.78, 5) is 14.5. The third-order valence-electron chi connectivity index (χ3n) is 4.72. The predicted octanol–water partition coefficient (Wildman–Crippen LogP) is 4.84. The molecular formula is C23H22Cl2N2O3S. The standard InChI is InChI=1S/C23H22Cl2N2O3S/c1-26(15-18-5-3-2-4-6-18)23(28)17-27(16-19-7-9-20(24)10-8-19)31(29,30)22-13-11-21(25)12-14-22/h2-14H,15-17H2,1H3. The number of rotatable bonds is 8. The lowest BCUT2D eigenvalue weighted by Crippen LogP contribution is -2.40. The van der Waals surface area contributed by atoms with Gasteiger partial charge in [0.15, 0.2) is 0 Å². The zero-order valence-electron chi connectivity index (χ0n) is 16.9. The third-order valence-corrected chi connectivity index (χ3v) is 7.03. The summed E-state index contributed by atoms with van der Waals surface area (Å²) in [5.41, 5.74) is 1.68. The molecule has 0 spiro atoms. The minimum Gasteiger partial charge on any atom is -0.340 e. The molecule has 0 unspecified atom stereocenters. The molecule has 0 aliphatic heterocycles. The molecule has 0 heterocycles. The number of benzene rings is 3. The second kappa shape index (κ2) is 10.3. The van der Waals surface area contributed by atoms with Crippen molar-refractivity contribution in [1.82, 2.24) is 9.21 Å². The van der Waals surface area contributed by atoms with Crippen molar-refractivity contribution < 1.29 is 13.2 Å². The summed E-state index contributed by atoms with van der Waals surface area (Å²) in [7, 11) is -2.28. The molecule has 0 aliphatic rings. The van der Waals surface area contributed by atoms with Gasteiger partial charge in [0.25, 0.3) is 0 Å². The summed E-state index contributed by atoms with van der Waals surface area (Å²) in [5, 5.41) is 0.983. The minimum atomic E-state index is -3.93. The molecule has 0 atom stereocenters. The van der Waals surface area contributed by atoms with Crippen molar-refractivity contribution in [3.05, 3.63) is 100 Å². The summed E-state index contributed by atoms with van der Waals surface area (Å²) in [6.07, 6.45) is 0. The maximum Gasteiger partial charge on any atom is 0.243 e. The Morgan fingerprint density at radius 3 is 1.87 bits per heavy atom. The average Bonchev–Trinajstić information content (AvgIpc) is 2.75. The summed E-state index contributed by atoms with van der Waals surface area (Å²) >= 11 is 11.9. The van der Waals surface area contributed by atoms with Gasteiger partial charge in [-0.2, -0.15) is 4.31 Å². The van der Waals surface area contributed by atoms with Gasteiger partial charge in [-0.15, -0.1) is 0 Å². The van der Waals surface area contributed by atoms with Crippen LogP contribution in [-0.4, -0.2) is 37.1 Å². The number of carbonyl (C=O) groups is 1. The number of amides is 1. The summed E-state index contributed by atoms with van der Waals surface area (Å²) in [6, 6.07) is 22.3. The molecule has 0 aliphatic carbocycles. The first-order valence-electron chi connectivity index (χ1n) is 9.54. The molecule has 0 saturated heterocycles. The minimum absolute atomic E-state index is 0.0348. The Labute approximate surface area is 192 Å². The Morgan fingerprint density at radius 2 is 1.29 bits per heavy atom. The largest absolute Gasteiger partial charge is 0.340 e. The van der Waals surface area contributed by atoms with Crippen molar-refractivity contribution in [2.45, 2.75) is 18.0 Å². The molecule has 0 N–H and O–H groups in total. The van der Waals surface area contributed by atoms with Gasteiger partial charge in [-0.05, 0) is 47.5 Å².